The third-order valence-electron chi connectivity index (χ3n) is 3.22. The minimum Gasteiger partial charge on any atom is -0.376 e. The quantitative estimate of drug-likeness (QED) is 0.652. The van der Waals surface area contributed by atoms with Crippen LogP contribution in [0, 0.1) is 28.4 Å². The third-order valence-corrected chi connectivity index (χ3v) is 3.22. The zero-order valence-electron chi connectivity index (χ0n) is 12.4. The van der Waals surface area contributed by atoms with Crippen molar-refractivity contribution < 1.29 is 9.72 Å². The van der Waals surface area contributed by atoms with Crippen LogP contribution in [-0.2, 0) is 4.79 Å². The number of carbonyl (C=O) groups excluding carboxylic acids is 1. The summed E-state index contributed by atoms with van der Waals surface area (Å²) in [5.74, 6) is -0.314. The van der Waals surface area contributed by atoms with Crippen molar-refractivity contribution in [3.63, 3.8) is 0 Å². The van der Waals surface area contributed by atoms with Gasteiger partial charge in [0.25, 0.3) is 5.69 Å². The summed E-state index contributed by atoms with van der Waals surface area (Å²) >= 11 is 0. The first-order valence-electron chi connectivity index (χ1n) is 6.79. The molecule has 2 aromatic carbocycles. The Kier molecular flexibility index (Phi) is 4.89. The average molecular weight is 310 g/mol. The van der Waals surface area contributed by atoms with Crippen LogP contribution in [0.1, 0.15) is 11.1 Å². The number of amides is 1. The van der Waals surface area contributed by atoms with Gasteiger partial charge in [0.1, 0.15) is 0 Å². The van der Waals surface area contributed by atoms with E-state index in [0.29, 0.717) is 22.5 Å². The standard InChI is InChI=1S/C16H14N4O3/c1-11-14(6-3-7-15(11)20(22)23)18-10-16(21)19-13-5-2-4-12(8-13)9-17/h2-8,18H,10H2,1H3,(H,19,21). The van der Waals surface area contributed by atoms with Gasteiger partial charge in [-0.25, -0.2) is 0 Å². The number of nitro benzene ring substituents is 1. The lowest BCUT2D eigenvalue weighted by molar-refractivity contribution is -0.385. The molecule has 0 bridgehead atoms. The van der Waals surface area contributed by atoms with E-state index >= 15 is 0 Å². The number of benzene rings is 2. The van der Waals surface area contributed by atoms with Gasteiger partial charge in [0.15, 0.2) is 0 Å². The SMILES string of the molecule is Cc1c(NCC(=O)Nc2cccc(C#N)c2)cccc1[N+](=O)[O-]. The van der Waals surface area contributed by atoms with Gasteiger partial charge >= 0.3 is 0 Å². The van der Waals surface area contributed by atoms with Crippen LogP contribution in [0.4, 0.5) is 17.1 Å². The maximum absolute atomic E-state index is 11.9. The summed E-state index contributed by atoms with van der Waals surface area (Å²) in [7, 11) is 0. The number of nitrogens with zero attached hydrogens (tertiary/aromatic N) is 2. The Morgan fingerprint density at radius 3 is 2.74 bits per heavy atom. The molecular formula is C16H14N4O3. The minimum absolute atomic E-state index is 0.00266. The van der Waals surface area contributed by atoms with E-state index in [2.05, 4.69) is 10.6 Å². The molecule has 7 heteroatoms. The number of rotatable bonds is 5. The Hall–Kier alpha value is -3.40. The van der Waals surface area contributed by atoms with Crippen molar-refractivity contribution in [3.05, 3.63) is 63.7 Å². The van der Waals surface area contributed by atoms with Gasteiger partial charge < -0.3 is 10.6 Å². The summed E-state index contributed by atoms with van der Waals surface area (Å²) in [6.45, 7) is 1.58. The second-order valence-corrected chi connectivity index (χ2v) is 4.80. The highest BCUT2D eigenvalue weighted by atomic mass is 16.6. The molecule has 2 rings (SSSR count). The van der Waals surface area contributed by atoms with Gasteiger partial charge in [-0.05, 0) is 31.2 Å². The van der Waals surface area contributed by atoms with E-state index in [0.717, 1.165) is 0 Å². The zero-order valence-corrected chi connectivity index (χ0v) is 12.4. The smallest absolute Gasteiger partial charge is 0.274 e. The molecule has 0 aliphatic rings. The fraction of sp³-hybridized carbons (Fsp3) is 0.125. The molecule has 7 nitrogen and oxygen atoms in total. The second-order valence-electron chi connectivity index (χ2n) is 4.80. The number of carbonyl (C=O) groups is 1. The Morgan fingerprint density at radius 1 is 1.30 bits per heavy atom. The summed E-state index contributed by atoms with van der Waals surface area (Å²) in [5, 5.41) is 25.2. The molecule has 0 radical (unpaired) electrons. The van der Waals surface area contributed by atoms with E-state index in [1.54, 1.807) is 43.3 Å². The summed E-state index contributed by atoms with van der Waals surface area (Å²) in [5.41, 5.74) is 1.96. The van der Waals surface area contributed by atoms with E-state index in [1.807, 2.05) is 6.07 Å². The molecule has 0 aliphatic carbocycles. The predicted octanol–water partition coefficient (Wildman–Crippen LogP) is 2.83. The lowest BCUT2D eigenvalue weighted by Gasteiger charge is -2.10. The lowest BCUT2D eigenvalue weighted by atomic mass is 10.1. The van der Waals surface area contributed by atoms with Crippen molar-refractivity contribution >= 4 is 23.0 Å². The number of anilines is 2. The van der Waals surface area contributed by atoms with Crippen molar-refractivity contribution in [1.29, 1.82) is 5.26 Å². The molecule has 0 atom stereocenters. The molecule has 23 heavy (non-hydrogen) atoms. The summed E-state index contributed by atoms with van der Waals surface area (Å²) in [6.07, 6.45) is 0. The van der Waals surface area contributed by atoms with Crippen LogP contribution in [0.25, 0.3) is 0 Å². The molecule has 2 aromatic rings. The van der Waals surface area contributed by atoms with Crippen LogP contribution < -0.4 is 10.6 Å². The van der Waals surface area contributed by atoms with E-state index in [1.165, 1.54) is 6.07 Å². The van der Waals surface area contributed by atoms with E-state index in [4.69, 9.17) is 5.26 Å². The fourth-order valence-electron chi connectivity index (χ4n) is 2.06. The molecule has 1 amide bonds. The van der Waals surface area contributed by atoms with Gasteiger partial charge in [0.2, 0.25) is 5.91 Å². The summed E-state index contributed by atoms with van der Waals surface area (Å²) in [4.78, 5) is 22.3. The van der Waals surface area contributed by atoms with Crippen molar-refractivity contribution in [3.8, 4) is 6.07 Å². The predicted molar refractivity (Wildman–Crippen MR) is 86.1 cm³/mol. The normalized spacial score (nSPS) is 9.74. The Labute approximate surface area is 132 Å². The highest BCUT2D eigenvalue weighted by Crippen LogP contribution is 2.24. The molecule has 2 N–H and O–H groups in total. The van der Waals surface area contributed by atoms with Crippen LogP contribution >= 0.6 is 0 Å². The van der Waals surface area contributed by atoms with Crippen LogP contribution in [0.3, 0.4) is 0 Å². The first-order valence-corrected chi connectivity index (χ1v) is 6.79. The zero-order chi connectivity index (χ0) is 16.8. The monoisotopic (exact) mass is 310 g/mol. The molecule has 0 unspecified atom stereocenters. The van der Waals surface area contributed by atoms with Crippen molar-refractivity contribution in [2.75, 3.05) is 17.2 Å². The van der Waals surface area contributed by atoms with E-state index < -0.39 is 4.92 Å². The van der Waals surface area contributed by atoms with Gasteiger partial charge in [-0.1, -0.05) is 12.1 Å². The molecule has 0 aromatic heterocycles. The first kappa shape index (κ1) is 16.0. The van der Waals surface area contributed by atoms with Crippen LogP contribution in [0.15, 0.2) is 42.5 Å². The first-order chi connectivity index (χ1) is 11.0. The van der Waals surface area contributed by atoms with Crippen molar-refractivity contribution in [2.24, 2.45) is 0 Å². The number of nitriles is 1. The molecule has 0 spiro atoms. The minimum atomic E-state index is -0.464. The molecular weight excluding hydrogens is 296 g/mol. The van der Waals surface area contributed by atoms with Gasteiger partial charge in [0.05, 0.1) is 23.1 Å². The molecule has 0 fully saturated rings. The molecule has 0 saturated carbocycles. The molecule has 0 saturated heterocycles. The Morgan fingerprint density at radius 2 is 2.04 bits per heavy atom. The fourth-order valence-corrected chi connectivity index (χ4v) is 2.06. The average Bonchev–Trinajstić information content (AvgIpc) is 2.53. The maximum Gasteiger partial charge on any atom is 0.274 e. The number of nitrogens with one attached hydrogen (secondary N) is 2. The number of hydrogen-bond acceptors (Lipinski definition) is 5. The van der Waals surface area contributed by atoms with E-state index in [-0.39, 0.29) is 18.1 Å². The van der Waals surface area contributed by atoms with Gasteiger partial charge in [0, 0.05) is 23.0 Å². The Bertz CT molecular complexity index is 796. The van der Waals surface area contributed by atoms with E-state index in [9.17, 15) is 14.9 Å². The molecule has 116 valence electrons. The van der Waals surface area contributed by atoms with Crippen LogP contribution in [0.5, 0.6) is 0 Å². The van der Waals surface area contributed by atoms with Crippen LogP contribution in [-0.4, -0.2) is 17.4 Å². The number of nitro groups is 1. The molecule has 0 aliphatic heterocycles. The van der Waals surface area contributed by atoms with Gasteiger partial charge in [-0.3, -0.25) is 14.9 Å². The lowest BCUT2D eigenvalue weighted by Crippen LogP contribution is -2.22. The van der Waals surface area contributed by atoms with Gasteiger partial charge in [-0.15, -0.1) is 0 Å². The van der Waals surface area contributed by atoms with Crippen molar-refractivity contribution in [1.82, 2.24) is 0 Å². The third kappa shape index (κ3) is 4.04. The second kappa shape index (κ2) is 7.04. The topological polar surface area (TPSA) is 108 Å². The maximum atomic E-state index is 11.9. The van der Waals surface area contributed by atoms with Crippen LogP contribution in [0.2, 0.25) is 0 Å². The number of hydrogen-bond donors (Lipinski definition) is 2. The largest absolute Gasteiger partial charge is 0.376 e. The molecule has 0 heterocycles. The van der Waals surface area contributed by atoms with Gasteiger partial charge in [-0.2, -0.15) is 5.26 Å². The highest BCUT2D eigenvalue weighted by molar-refractivity contribution is 5.94. The summed E-state index contributed by atoms with van der Waals surface area (Å²) in [6, 6.07) is 13.2. The Balaban J connectivity index is 2.01. The summed E-state index contributed by atoms with van der Waals surface area (Å²) < 4.78 is 0. The highest BCUT2D eigenvalue weighted by Gasteiger charge is 2.13. The van der Waals surface area contributed by atoms with Crippen molar-refractivity contribution in [2.45, 2.75) is 6.92 Å².